The predicted molar refractivity (Wildman–Crippen MR) is 91.4 cm³/mol. The molecular weight excluding hydrogens is 326 g/mol. The molecule has 0 bridgehead atoms. The topological polar surface area (TPSA) is 29.9 Å². The molecule has 0 unspecified atom stereocenters. The molecule has 0 aliphatic rings. The van der Waals surface area contributed by atoms with E-state index in [4.69, 9.17) is 0 Å². The summed E-state index contributed by atoms with van der Waals surface area (Å²) in [5, 5.41) is 3.44. The molecule has 1 N–H and O–H groups in total. The van der Waals surface area contributed by atoms with Gasteiger partial charge < -0.3 is 9.88 Å². The fourth-order valence-corrected chi connectivity index (χ4v) is 2.82. The fourth-order valence-electron chi connectivity index (χ4n) is 2.27. The number of rotatable bonds is 7. The van der Waals surface area contributed by atoms with Gasteiger partial charge in [-0.25, -0.2) is 4.98 Å². The highest BCUT2D eigenvalue weighted by Crippen LogP contribution is 2.20. The van der Waals surface area contributed by atoms with Crippen LogP contribution in [0.15, 0.2) is 35.1 Å². The predicted octanol–water partition coefficient (Wildman–Crippen LogP) is 4.14. The first-order valence-corrected chi connectivity index (χ1v) is 8.40. The van der Waals surface area contributed by atoms with E-state index in [-0.39, 0.29) is 0 Å². The molecule has 0 fully saturated rings. The van der Waals surface area contributed by atoms with Crippen LogP contribution in [0, 0.1) is 0 Å². The Hall–Kier alpha value is -1.13. The van der Waals surface area contributed by atoms with E-state index in [1.54, 1.807) is 0 Å². The van der Waals surface area contributed by atoms with E-state index in [9.17, 15) is 0 Å². The standard InChI is InChI=1S/C17H24BrN3/c1-4-5-17-19-8-9-21(17)12-15-7-6-14(10-16(15)18)11-20-13(2)3/h6-10,13,20H,4-5,11-12H2,1-3H3. The van der Waals surface area contributed by atoms with Crippen LogP contribution in [-0.4, -0.2) is 15.6 Å². The molecule has 2 rings (SSSR count). The third-order valence-electron chi connectivity index (χ3n) is 3.45. The van der Waals surface area contributed by atoms with Gasteiger partial charge >= 0.3 is 0 Å². The third-order valence-corrected chi connectivity index (χ3v) is 4.19. The largest absolute Gasteiger partial charge is 0.330 e. The fraction of sp³-hybridized carbons (Fsp3) is 0.471. The maximum absolute atomic E-state index is 4.44. The van der Waals surface area contributed by atoms with Crippen LogP contribution in [0.2, 0.25) is 0 Å². The summed E-state index contributed by atoms with van der Waals surface area (Å²) in [6.45, 7) is 8.29. The van der Waals surface area contributed by atoms with Crippen LogP contribution in [0.4, 0.5) is 0 Å². The Morgan fingerprint density at radius 3 is 2.81 bits per heavy atom. The summed E-state index contributed by atoms with van der Waals surface area (Å²) >= 11 is 3.70. The van der Waals surface area contributed by atoms with Crippen molar-refractivity contribution < 1.29 is 0 Å². The molecule has 1 aromatic heterocycles. The zero-order valence-corrected chi connectivity index (χ0v) is 14.7. The van der Waals surface area contributed by atoms with E-state index in [2.05, 4.69) is 76.0 Å². The highest BCUT2D eigenvalue weighted by molar-refractivity contribution is 9.10. The van der Waals surface area contributed by atoms with Gasteiger partial charge in [0.05, 0.1) is 0 Å². The molecule has 21 heavy (non-hydrogen) atoms. The molecule has 0 spiro atoms. The Morgan fingerprint density at radius 2 is 2.14 bits per heavy atom. The number of aryl methyl sites for hydroxylation is 1. The summed E-state index contributed by atoms with van der Waals surface area (Å²) in [5.74, 6) is 1.16. The number of benzene rings is 1. The van der Waals surface area contributed by atoms with Gasteiger partial charge in [-0.3, -0.25) is 0 Å². The number of nitrogens with zero attached hydrogens (tertiary/aromatic N) is 2. The van der Waals surface area contributed by atoms with Crippen molar-refractivity contribution in [3.63, 3.8) is 0 Å². The molecule has 1 aromatic carbocycles. The van der Waals surface area contributed by atoms with Crippen LogP contribution in [0.1, 0.15) is 44.1 Å². The molecule has 3 nitrogen and oxygen atoms in total. The Labute approximate surface area is 135 Å². The van der Waals surface area contributed by atoms with Gasteiger partial charge in [0.15, 0.2) is 0 Å². The van der Waals surface area contributed by atoms with E-state index < -0.39 is 0 Å². The van der Waals surface area contributed by atoms with Crippen molar-refractivity contribution in [1.29, 1.82) is 0 Å². The van der Waals surface area contributed by atoms with Crippen molar-refractivity contribution in [2.24, 2.45) is 0 Å². The van der Waals surface area contributed by atoms with Crippen molar-refractivity contribution in [2.45, 2.75) is 52.7 Å². The molecule has 0 saturated carbocycles. The number of imidazole rings is 1. The van der Waals surface area contributed by atoms with Crippen LogP contribution >= 0.6 is 15.9 Å². The lowest BCUT2D eigenvalue weighted by Crippen LogP contribution is -2.21. The summed E-state index contributed by atoms with van der Waals surface area (Å²) < 4.78 is 3.40. The second-order valence-electron chi connectivity index (χ2n) is 5.68. The first kappa shape index (κ1) is 16.2. The van der Waals surface area contributed by atoms with Gasteiger partial charge in [0, 0.05) is 42.4 Å². The Balaban J connectivity index is 2.08. The summed E-state index contributed by atoms with van der Waals surface area (Å²) in [6.07, 6.45) is 6.10. The average molecular weight is 350 g/mol. The second-order valence-corrected chi connectivity index (χ2v) is 6.54. The number of nitrogens with one attached hydrogen (secondary N) is 1. The van der Waals surface area contributed by atoms with Crippen LogP contribution in [0.3, 0.4) is 0 Å². The minimum atomic E-state index is 0.506. The first-order valence-electron chi connectivity index (χ1n) is 7.60. The number of aromatic nitrogens is 2. The zero-order chi connectivity index (χ0) is 15.2. The minimum absolute atomic E-state index is 0.506. The lowest BCUT2D eigenvalue weighted by atomic mass is 10.1. The van der Waals surface area contributed by atoms with Gasteiger partial charge in [-0.2, -0.15) is 0 Å². The summed E-state index contributed by atoms with van der Waals surface area (Å²) in [7, 11) is 0. The Bertz CT molecular complexity index is 575. The molecule has 2 aromatic rings. The number of hydrogen-bond acceptors (Lipinski definition) is 2. The monoisotopic (exact) mass is 349 g/mol. The van der Waals surface area contributed by atoms with Crippen molar-refractivity contribution in [3.8, 4) is 0 Å². The van der Waals surface area contributed by atoms with Crippen LogP contribution in [0.25, 0.3) is 0 Å². The van der Waals surface area contributed by atoms with Gasteiger partial charge in [-0.05, 0) is 23.6 Å². The highest BCUT2D eigenvalue weighted by atomic mass is 79.9. The zero-order valence-electron chi connectivity index (χ0n) is 13.1. The maximum atomic E-state index is 4.44. The molecule has 0 atom stereocenters. The molecule has 0 radical (unpaired) electrons. The molecule has 0 amide bonds. The van der Waals surface area contributed by atoms with E-state index in [1.165, 1.54) is 15.6 Å². The van der Waals surface area contributed by atoms with E-state index in [0.29, 0.717) is 6.04 Å². The Morgan fingerprint density at radius 1 is 1.33 bits per heavy atom. The molecule has 0 saturated heterocycles. The Kier molecular flexibility index (Phi) is 6.00. The highest BCUT2D eigenvalue weighted by Gasteiger charge is 2.06. The molecule has 1 heterocycles. The van der Waals surface area contributed by atoms with Gasteiger partial charge in [0.2, 0.25) is 0 Å². The first-order chi connectivity index (χ1) is 10.1. The van der Waals surface area contributed by atoms with Crippen molar-refractivity contribution in [3.05, 3.63) is 52.0 Å². The second kappa shape index (κ2) is 7.76. The summed E-state index contributed by atoms with van der Waals surface area (Å²) in [4.78, 5) is 4.44. The SMILES string of the molecule is CCCc1nccn1Cc1ccc(CNC(C)C)cc1Br. The summed E-state index contributed by atoms with van der Waals surface area (Å²) in [6, 6.07) is 7.12. The average Bonchev–Trinajstić information content (AvgIpc) is 2.87. The maximum Gasteiger partial charge on any atom is 0.108 e. The van der Waals surface area contributed by atoms with E-state index in [1.807, 2.05) is 6.20 Å². The van der Waals surface area contributed by atoms with Crippen molar-refractivity contribution >= 4 is 15.9 Å². The molecule has 114 valence electrons. The van der Waals surface area contributed by atoms with Crippen LogP contribution in [0.5, 0.6) is 0 Å². The smallest absolute Gasteiger partial charge is 0.108 e. The van der Waals surface area contributed by atoms with Gasteiger partial charge in [-0.1, -0.05) is 48.8 Å². The number of hydrogen-bond donors (Lipinski definition) is 1. The molecule has 0 aliphatic carbocycles. The van der Waals surface area contributed by atoms with E-state index >= 15 is 0 Å². The lowest BCUT2D eigenvalue weighted by molar-refractivity contribution is 0.588. The quantitative estimate of drug-likeness (QED) is 0.813. The van der Waals surface area contributed by atoms with Crippen LogP contribution < -0.4 is 5.32 Å². The molecule has 4 heteroatoms. The lowest BCUT2D eigenvalue weighted by Gasteiger charge is -2.12. The normalized spacial score (nSPS) is 11.3. The van der Waals surface area contributed by atoms with Gasteiger partial charge in [0.25, 0.3) is 0 Å². The molecular formula is C17H24BrN3. The van der Waals surface area contributed by atoms with Gasteiger partial charge in [-0.15, -0.1) is 0 Å². The van der Waals surface area contributed by atoms with Gasteiger partial charge in [0.1, 0.15) is 5.82 Å². The summed E-state index contributed by atoms with van der Waals surface area (Å²) in [5.41, 5.74) is 2.59. The number of halogens is 1. The van der Waals surface area contributed by atoms with Crippen molar-refractivity contribution in [2.75, 3.05) is 0 Å². The van der Waals surface area contributed by atoms with E-state index in [0.717, 1.165) is 31.8 Å². The van der Waals surface area contributed by atoms with Crippen LogP contribution in [-0.2, 0) is 19.5 Å². The molecule has 0 aliphatic heterocycles. The third kappa shape index (κ3) is 4.68. The minimum Gasteiger partial charge on any atom is -0.330 e. The van der Waals surface area contributed by atoms with Crippen molar-refractivity contribution in [1.82, 2.24) is 14.9 Å².